The quantitative estimate of drug-likeness (QED) is 0.306. The first-order valence-electron chi connectivity index (χ1n) is 11.4. The van der Waals surface area contributed by atoms with Gasteiger partial charge >= 0.3 is 0 Å². The van der Waals surface area contributed by atoms with Crippen LogP contribution in [0.1, 0.15) is 43.6 Å². The number of fused-ring (bicyclic) bond motifs is 1. The fourth-order valence-electron chi connectivity index (χ4n) is 4.15. The number of para-hydroxylation sites is 2. The zero-order valence-corrected chi connectivity index (χ0v) is 19.4. The van der Waals surface area contributed by atoms with E-state index in [0.29, 0.717) is 12.5 Å². The van der Waals surface area contributed by atoms with E-state index in [-0.39, 0.29) is 5.92 Å². The number of aromatic nitrogens is 2. The third-order valence-electron chi connectivity index (χ3n) is 5.84. The van der Waals surface area contributed by atoms with Crippen molar-refractivity contribution >= 4 is 11.0 Å². The molecule has 0 N–H and O–H groups in total. The largest absolute Gasteiger partial charge is 0.497 e. The number of rotatable bonds is 9. The van der Waals surface area contributed by atoms with Crippen LogP contribution in [0.25, 0.3) is 11.0 Å². The highest BCUT2D eigenvalue weighted by Crippen LogP contribution is 2.28. The molecule has 32 heavy (non-hydrogen) atoms. The molecule has 4 heteroatoms. The summed E-state index contributed by atoms with van der Waals surface area (Å²) in [4.78, 5) is 5.00. The molecule has 3 aromatic carbocycles. The highest BCUT2D eigenvalue weighted by molar-refractivity contribution is 5.76. The molecular weight excluding hydrogens is 396 g/mol. The van der Waals surface area contributed by atoms with Crippen LogP contribution < -0.4 is 9.47 Å². The van der Waals surface area contributed by atoms with Gasteiger partial charge in [0.05, 0.1) is 24.7 Å². The van der Waals surface area contributed by atoms with Crippen LogP contribution in [-0.2, 0) is 13.0 Å². The molecule has 4 aromatic rings. The van der Waals surface area contributed by atoms with Crippen LogP contribution in [-0.4, -0.2) is 23.3 Å². The van der Waals surface area contributed by atoms with E-state index < -0.39 is 0 Å². The molecule has 1 unspecified atom stereocenters. The number of ether oxygens (including phenoxy) is 2. The van der Waals surface area contributed by atoms with Crippen molar-refractivity contribution in [2.75, 3.05) is 13.7 Å². The number of methoxy groups -OCH3 is 1. The minimum absolute atomic E-state index is 0.191. The van der Waals surface area contributed by atoms with Gasteiger partial charge in [-0.05, 0) is 59.9 Å². The van der Waals surface area contributed by atoms with Crippen LogP contribution in [0, 0.1) is 5.92 Å². The molecule has 166 valence electrons. The molecule has 0 radical (unpaired) electrons. The zero-order valence-electron chi connectivity index (χ0n) is 19.4. The van der Waals surface area contributed by atoms with Crippen molar-refractivity contribution in [1.29, 1.82) is 0 Å². The lowest BCUT2D eigenvalue weighted by Gasteiger charge is -2.16. The van der Waals surface area contributed by atoms with Gasteiger partial charge in [-0.15, -0.1) is 0 Å². The molecule has 4 rings (SSSR count). The fraction of sp³-hybridized carbons (Fsp3) is 0.321. The molecule has 4 nitrogen and oxygen atoms in total. The van der Waals surface area contributed by atoms with Crippen molar-refractivity contribution in [2.45, 2.75) is 39.7 Å². The predicted molar refractivity (Wildman–Crippen MR) is 131 cm³/mol. The highest BCUT2D eigenvalue weighted by atomic mass is 16.5. The van der Waals surface area contributed by atoms with E-state index in [9.17, 15) is 0 Å². The van der Waals surface area contributed by atoms with Crippen LogP contribution in [0.3, 0.4) is 0 Å². The summed E-state index contributed by atoms with van der Waals surface area (Å²) >= 11 is 0. The molecule has 1 heterocycles. The molecule has 0 spiro atoms. The second kappa shape index (κ2) is 9.90. The maximum absolute atomic E-state index is 6.02. The van der Waals surface area contributed by atoms with Gasteiger partial charge in [-0.2, -0.15) is 0 Å². The summed E-state index contributed by atoms with van der Waals surface area (Å²) < 4.78 is 13.5. The normalized spacial score (nSPS) is 12.3. The lowest BCUT2D eigenvalue weighted by molar-refractivity contribution is 0.297. The van der Waals surface area contributed by atoms with Gasteiger partial charge in [-0.3, -0.25) is 0 Å². The Hall–Kier alpha value is -3.27. The molecular formula is C28H32N2O2. The predicted octanol–water partition coefficient (Wildman–Crippen LogP) is 6.47. The SMILES string of the molecule is COc1ccc(OCCn2c(C(C)c3ccc(CC(C)C)cc3)nc3ccccc32)cc1. The maximum atomic E-state index is 6.02. The van der Waals surface area contributed by atoms with Gasteiger partial charge < -0.3 is 14.0 Å². The summed E-state index contributed by atoms with van der Waals surface area (Å²) in [6.45, 7) is 8.05. The van der Waals surface area contributed by atoms with Crippen LogP contribution >= 0.6 is 0 Å². The van der Waals surface area contributed by atoms with E-state index in [2.05, 4.69) is 67.8 Å². The Morgan fingerprint density at radius 2 is 1.53 bits per heavy atom. The number of hydrogen-bond acceptors (Lipinski definition) is 3. The number of imidazole rings is 1. The second-order valence-corrected chi connectivity index (χ2v) is 8.70. The second-order valence-electron chi connectivity index (χ2n) is 8.70. The van der Waals surface area contributed by atoms with Gasteiger partial charge in [0.15, 0.2) is 0 Å². The lowest BCUT2D eigenvalue weighted by atomic mass is 9.96. The summed E-state index contributed by atoms with van der Waals surface area (Å²) in [5.74, 6) is 3.59. The summed E-state index contributed by atoms with van der Waals surface area (Å²) in [5.41, 5.74) is 4.84. The topological polar surface area (TPSA) is 36.3 Å². The molecule has 1 atom stereocenters. The first-order chi connectivity index (χ1) is 15.5. The van der Waals surface area contributed by atoms with E-state index in [4.69, 9.17) is 14.5 Å². The number of benzene rings is 3. The Balaban J connectivity index is 1.55. The first-order valence-corrected chi connectivity index (χ1v) is 11.4. The molecule has 0 aliphatic heterocycles. The standard InChI is InChI=1S/C28H32N2O2/c1-20(2)19-22-9-11-23(12-10-22)21(3)28-29-26-7-5-6-8-27(26)30(28)17-18-32-25-15-13-24(31-4)14-16-25/h5-16,20-21H,17-19H2,1-4H3. The summed E-state index contributed by atoms with van der Waals surface area (Å²) in [6.07, 6.45) is 1.11. The van der Waals surface area contributed by atoms with E-state index in [1.165, 1.54) is 11.1 Å². The van der Waals surface area contributed by atoms with Gasteiger partial charge in [-0.1, -0.05) is 57.2 Å². The Morgan fingerprint density at radius 3 is 2.22 bits per heavy atom. The molecule has 0 aliphatic carbocycles. The van der Waals surface area contributed by atoms with Crippen molar-refractivity contribution < 1.29 is 9.47 Å². The van der Waals surface area contributed by atoms with E-state index >= 15 is 0 Å². The smallest absolute Gasteiger partial charge is 0.119 e. The van der Waals surface area contributed by atoms with Crippen LogP contribution in [0.2, 0.25) is 0 Å². The summed E-state index contributed by atoms with van der Waals surface area (Å²) in [7, 11) is 1.67. The molecule has 0 bridgehead atoms. The maximum Gasteiger partial charge on any atom is 0.119 e. The molecule has 0 amide bonds. The van der Waals surface area contributed by atoms with Crippen molar-refractivity contribution in [2.24, 2.45) is 5.92 Å². The molecule has 0 aliphatic rings. The monoisotopic (exact) mass is 428 g/mol. The molecule has 0 saturated heterocycles. The zero-order chi connectivity index (χ0) is 22.5. The molecule has 0 saturated carbocycles. The Kier molecular flexibility index (Phi) is 6.79. The van der Waals surface area contributed by atoms with Crippen molar-refractivity contribution in [3.8, 4) is 11.5 Å². The number of nitrogens with zero attached hydrogens (tertiary/aromatic N) is 2. The minimum atomic E-state index is 0.191. The van der Waals surface area contributed by atoms with Gasteiger partial charge in [0.25, 0.3) is 0 Å². The molecule has 0 fully saturated rings. The Bertz CT molecular complexity index is 1140. The fourth-order valence-corrected chi connectivity index (χ4v) is 4.15. The average Bonchev–Trinajstić information content (AvgIpc) is 3.18. The van der Waals surface area contributed by atoms with Gasteiger partial charge in [0.2, 0.25) is 0 Å². The first kappa shape index (κ1) is 21.9. The lowest BCUT2D eigenvalue weighted by Crippen LogP contribution is -2.13. The van der Waals surface area contributed by atoms with E-state index in [1.54, 1.807) is 7.11 Å². The average molecular weight is 429 g/mol. The van der Waals surface area contributed by atoms with E-state index in [1.807, 2.05) is 30.3 Å². The third-order valence-corrected chi connectivity index (χ3v) is 5.84. The van der Waals surface area contributed by atoms with Crippen LogP contribution in [0.15, 0.2) is 72.8 Å². The van der Waals surface area contributed by atoms with Gasteiger partial charge in [0, 0.05) is 5.92 Å². The van der Waals surface area contributed by atoms with E-state index in [0.717, 1.165) is 41.3 Å². The van der Waals surface area contributed by atoms with Crippen molar-refractivity contribution in [3.05, 3.63) is 89.7 Å². The third kappa shape index (κ3) is 4.96. The van der Waals surface area contributed by atoms with Gasteiger partial charge in [-0.25, -0.2) is 4.98 Å². The molecule has 1 aromatic heterocycles. The number of hydrogen-bond donors (Lipinski definition) is 0. The van der Waals surface area contributed by atoms with Gasteiger partial charge in [0.1, 0.15) is 23.9 Å². The highest BCUT2D eigenvalue weighted by Gasteiger charge is 2.18. The van der Waals surface area contributed by atoms with Crippen LogP contribution in [0.5, 0.6) is 11.5 Å². The van der Waals surface area contributed by atoms with Crippen LogP contribution in [0.4, 0.5) is 0 Å². The summed E-state index contributed by atoms with van der Waals surface area (Å²) in [6, 6.07) is 25.0. The Morgan fingerprint density at radius 1 is 0.844 bits per heavy atom. The van der Waals surface area contributed by atoms with Crippen molar-refractivity contribution in [3.63, 3.8) is 0 Å². The van der Waals surface area contributed by atoms with Crippen molar-refractivity contribution in [1.82, 2.24) is 9.55 Å². The minimum Gasteiger partial charge on any atom is -0.497 e. The summed E-state index contributed by atoms with van der Waals surface area (Å²) in [5, 5.41) is 0. The Labute approximate surface area is 190 Å².